The lowest BCUT2D eigenvalue weighted by atomic mass is 10.0. The number of benzene rings is 1. The van der Waals surface area contributed by atoms with Crippen LogP contribution in [0.15, 0.2) is 22.7 Å². The molecule has 1 aromatic carbocycles. The second-order valence-electron chi connectivity index (χ2n) is 3.80. The van der Waals surface area contributed by atoms with Crippen molar-refractivity contribution >= 4 is 15.9 Å². The number of hydrogen-bond acceptors (Lipinski definition) is 2. The highest BCUT2D eigenvalue weighted by atomic mass is 79.9. The van der Waals surface area contributed by atoms with Gasteiger partial charge in [-0.3, -0.25) is 0 Å². The molecule has 1 aromatic rings. The summed E-state index contributed by atoms with van der Waals surface area (Å²) in [6.45, 7) is 4.06. The smallest absolute Gasteiger partial charge is 0.138 e. The zero-order valence-electron chi connectivity index (χ0n) is 8.92. The maximum atomic E-state index is 5.68. The van der Waals surface area contributed by atoms with Crippen molar-refractivity contribution in [2.45, 2.75) is 25.8 Å². The monoisotopic (exact) mass is 269 g/mol. The Morgan fingerprint density at radius 2 is 2.40 bits per heavy atom. The maximum absolute atomic E-state index is 5.68. The van der Waals surface area contributed by atoms with E-state index in [0.29, 0.717) is 6.04 Å². The van der Waals surface area contributed by atoms with Gasteiger partial charge in [0.05, 0.1) is 11.1 Å². The van der Waals surface area contributed by atoms with Crippen LogP contribution in [0.4, 0.5) is 0 Å². The minimum Gasteiger partial charge on any atom is -0.492 e. The first-order chi connectivity index (χ1) is 7.33. The van der Waals surface area contributed by atoms with E-state index in [1.54, 1.807) is 0 Å². The van der Waals surface area contributed by atoms with E-state index in [4.69, 9.17) is 4.74 Å². The van der Waals surface area contributed by atoms with Gasteiger partial charge in [0.2, 0.25) is 0 Å². The van der Waals surface area contributed by atoms with Crippen LogP contribution in [0, 0.1) is 0 Å². The van der Waals surface area contributed by atoms with E-state index in [0.717, 1.165) is 29.8 Å². The van der Waals surface area contributed by atoms with E-state index < -0.39 is 0 Å². The largest absolute Gasteiger partial charge is 0.492 e. The Morgan fingerprint density at radius 3 is 3.20 bits per heavy atom. The molecule has 0 saturated carbocycles. The molecule has 82 valence electrons. The molecule has 2 rings (SSSR count). The topological polar surface area (TPSA) is 21.3 Å². The Balaban J connectivity index is 2.22. The van der Waals surface area contributed by atoms with Gasteiger partial charge in [-0.1, -0.05) is 19.1 Å². The standard InChI is InChI=1S/C12H16BrNO/c1-2-7-14-11-6-8-15-12-9(11)4-3-5-10(12)13/h3-5,11,14H,2,6-8H2,1H3. The third kappa shape index (κ3) is 2.34. The summed E-state index contributed by atoms with van der Waals surface area (Å²) in [6.07, 6.45) is 2.23. The summed E-state index contributed by atoms with van der Waals surface area (Å²) in [6, 6.07) is 6.69. The highest BCUT2D eigenvalue weighted by molar-refractivity contribution is 9.10. The summed E-state index contributed by atoms with van der Waals surface area (Å²) in [4.78, 5) is 0. The molecule has 0 radical (unpaired) electrons. The van der Waals surface area contributed by atoms with E-state index >= 15 is 0 Å². The predicted molar refractivity (Wildman–Crippen MR) is 65.3 cm³/mol. The fourth-order valence-electron chi connectivity index (χ4n) is 1.92. The van der Waals surface area contributed by atoms with Crippen LogP contribution in [-0.2, 0) is 0 Å². The first-order valence-electron chi connectivity index (χ1n) is 5.47. The van der Waals surface area contributed by atoms with Gasteiger partial charge in [0, 0.05) is 18.0 Å². The first-order valence-corrected chi connectivity index (χ1v) is 6.27. The van der Waals surface area contributed by atoms with Crippen molar-refractivity contribution < 1.29 is 4.74 Å². The fourth-order valence-corrected chi connectivity index (χ4v) is 2.41. The van der Waals surface area contributed by atoms with E-state index in [2.05, 4.69) is 40.3 Å². The molecule has 0 saturated heterocycles. The van der Waals surface area contributed by atoms with Crippen molar-refractivity contribution in [3.63, 3.8) is 0 Å². The van der Waals surface area contributed by atoms with Gasteiger partial charge < -0.3 is 10.1 Å². The third-order valence-electron chi connectivity index (χ3n) is 2.67. The number of fused-ring (bicyclic) bond motifs is 1. The SMILES string of the molecule is CCCNC1CCOc2c(Br)cccc21. The summed E-state index contributed by atoms with van der Waals surface area (Å²) in [5.41, 5.74) is 1.28. The molecule has 0 aromatic heterocycles. The number of ether oxygens (including phenoxy) is 1. The van der Waals surface area contributed by atoms with Crippen molar-refractivity contribution in [1.29, 1.82) is 0 Å². The molecule has 0 aliphatic carbocycles. The van der Waals surface area contributed by atoms with Gasteiger partial charge in [-0.05, 0) is 35.0 Å². The van der Waals surface area contributed by atoms with Crippen LogP contribution in [0.1, 0.15) is 31.4 Å². The van der Waals surface area contributed by atoms with E-state index in [1.807, 2.05) is 6.07 Å². The summed E-state index contributed by atoms with van der Waals surface area (Å²) in [5, 5.41) is 3.55. The van der Waals surface area contributed by atoms with Gasteiger partial charge in [-0.25, -0.2) is 0 Å². The molecule has 15 heavy (non-hydrogen) atoms. The average Bonchev–Trinajstić information content (AvgIpc) is 2.27. The second-order valence-corrected chi connectivity index (χ2v) is 4.66. The van der Waals surface area contributed by atoms with E-state index in [1.165, 1.54) is 12.0 Å². The van der Waals surface area contributed by atoms with Gasteiger partial charge in [-0.15, -0.1) is 0 Å². The molecule has 1 heterocycles. The van der Waals surface area contributed by atoms with Gasteiger partial charge >= 0.3 is 0 Å². The van der Waals surface area contributed by atoms with Gasteiger partial charge in [0.1, 0.15) is 5.75 Å². The average molecular weight is 270 g/mol. The van der Waals surface area contributed by atoms with Crippen LogP contribution in [-0.4, -0.2) is 13.2 Å². The lowest BCUT2D eigenvalue weighted by Gasteiger charge is -2.27. The van der Waals surface area contributed by atoms with Crippen LogP contribution >= 0.6 is 15.9 Å². The third-order valence-corrected chi connectivity index (χ3v) is 3.29. The molecule has 1 aliphatic heterocycles. The van der Waals surface area contributed by atoms with Gasteiger partial charge in [0.15, 0.2) is 0 Å². The highest BCUT2D eigenvalue weighted by Gasteiger charge is 2.21. The maximum Gasteiger partial charge on any atom is 0.138 e. The van der Waals surface area contributed by atoms with Crippen molar-refractivity contribution in [2.75, 3.05) is 13.2 Å². The summed E-state index contributed by atoms with van der Waals surface area (Å²) in [5.74, 6) is 1.01. The van der Waals surface area contributed by atoms with Crippen molar-refractivity contribution in [2.24, 2.45) is 0 Å². The molecule has 0 fully saturated rings. The summed E-state index contributed by atoms with van der Waals surface area (Å²) >= 11 is 3.52. The first kappa shape index (κ1) is 11.0. The Kier molecular flexibility index (Phi) is 3.65. The van der Waals surface area contributed by atoms with Crippen molar-refractivity contribution in [3.05, 3.63) is 28.2 Å². The molecule has 1 N–H and O–H groups in total. The highest BCUT2D eigenvalue weighted by Crippen LogP contribution is 2.37. The van der Waals surface area contributed by atoms with E-state index in [-0.39, 0.29) is 0 Å². The molecular weight excluding hydrogens is 254 g/mol. The van der Waals surface area contributed by atoms with Crippen LogP contribution in [0.5, 0.6) is 5.75 Å². The Morgan fingerprint density at radius 1 is 1.53 bits per heavy atom. The Labute approximate surface area is 99.1 Å². The predicted octanol–water partition coefficient (Wildman–Crippen LogP) is 3.27. The molecule has 0 bridgehead atoms. The van der Waals surface area contributed by atoms with Crippen molar-refractivity contribution in [1.82, 2.24) is 5.32 Å². The fraction of sp³-hybridized carbons (Fsp3) is 0.500. The number of halogens is 1. The van der Waals surface area contributed by atoms with Crippen LogP contribution < -0.4 is 10.1 Å². The van der Waals surface area contributed by atoms with Gasteiger partial charge in [-0.2, -0.15) is 0 Å². The molecule has 1 atom stereocenters. The molecule has 3 heteroatoms. The van der Waals surface area contributed by atoms with Gasteiger partial charge in [0.25, 0.3) is 0 Å². The van der Waals surface area contributed by atoms with E-state index in [9.17, 15) is 0 Å². The molecule has 1 unspecified atom stereocenters. The molecular formula is C12H16BrNO. The minimum atomic E-state index is 0.450. The molecule has 0 amide bonds. The second kappa shape index (κ2) is 4.99. The number of hydrogen-bond donors (Lipinski definition) is 1. The number of para-hydroxylation sites is 1. The number of rotatable bonds is 3. The molecule has 0 spiro atoms. The molecule has 2 nitrogen and oxygen atoms in total. The zero-order valence-corrected chi connectivity index (χ0v) is 10.5. The number of nitrogens with one attached hydrogen (secondary N) is 1. The normalized spacial score (nSPS) is 19.5. The summed E-state index contributed by atoms with van der Waals surface area (Å²) < 4.78 is 6.74. The lowest BCUT2D eigenvalue weighted by Crippen LogP contribution is -2.27. The molecule has 1 aliphatic rings. The zero-order chi connectivity index (χ0) is 10.7. The van der Waals surface area contributed by atoms with Crippen LogP contribution in [0.3, 0.4) is 0 Å². The lowest BCUT2D eigenvalue weighted by molar-refractivity contribution is 0.251. The Hall–Kier alpha value is -0.540. The van der Waals surface area contributed by atoms with Crippen molar-refractivity contribution in [3.8, 4) is 5.75 Å². The van der Waals surface area contributed by atoms with Crippen LogP contribution in [0.25, 0.3) is 0 Å². The quantitative estimate of drug-likeness (QED) is 0.910. The Bertz CT molecular complexity index is 340. The minimum absolute atomic E-state index is 0.450. The van der Waals surface area contributed by atoms with Crippen LogP contribution in [0.2, 0.25) is 0 Å². The summed E-state index contributed by atoms with van der Waals surface area (Å²) in [7, 11) is 0.